The number of rotatable bonds is 9. The largest absolute Gasteiger partial charge is 0.444 e. The fourth-order valence-corrected chi connectivity index (χ4v) is 3.86. The molecule has 0 heterocycles. The number of amides is 3. The standard InChI is InChI=1S/C26H43N3O4S/c1-10-11-12-29(23(31)20(16-34)27-24(32)33-26(7,8)9)21(22(30)28-25(4,5)6)19-14-17(2)13-18(3)15-19/h13-15,20-21,34H,10-12,16H2,1-9H3,(H,27,32)(H,28,30). The van der Waals surface area contributed by atoms with E-state index in [1.54, 1.807) is 25.7 Å². The van der Waals surface area contributed by atoms with Crippen molar-refractivity contribution in [3.63, 3.8) is 0 Å². The van der Waals surface area contributed by atoms with Gasteiger partial charge in [0.25, 0.3) is 0 Å². The Balaban J connectivity index is 3.46. The Morgan fingerprint density at radius 1 is 1.03 bits per heavy atom. The molecule has 0 aromatic heterocycles. The molecular formula is C26H43N3O4S. The third kappa shape index (κ3) is 9.95. The van der Waals surface area contributed by atoms with E-state index < -0.39 is 29.3 Å². The Bertz CT molecular complexity index is 838. The zero-order valence-electron chi connectivity index (χ0n) is 22.2. The van der Waals surface area contributed by atoms with E-state index in [2.05, 4.69) is 23.3 Å². The van der Waals surface area contributed by atoms with Crippen molar-refractivity contribution in [3.05, 3.63) is 34.9 Å². The first-order valence-electron chi connectivity index (χ1n) is 11.9. The van der Waals surface area contributed by atoms with Crippen LogP contribution < -0.4 is 10.6 Å². The van der Waals surface area contributed by atoms with Gasteiger partial charge in [0.1, 0.15) is 17.7 Å². The van der Waals surface area contributed by atoms with Gasteiger partial charge in [-0.3, -0.25) is 9.59 Å². The summed E-state index contributed by atoms with van der Waals surface area (Å²) >= 11 is 4.32. The molecule has 0 spiro atoms. The minimum atomic E-state index is -0.939. The zero-order valence-corrected chi connectivity index (χ0v) is 23.1. The third-order valence-corrected chi connectivity index (χ3v) is 5.19. The zero-order chi connectivity index (χ0) is 26.3. The van der Waals surface area contributed by atoms with Crippen LogP contribution in [0.2, 0.25) is 0 Å². The number of thiol groups is 1. The number of nitrogens with one attached hydrogen (secondary N) is 2. The van der Waals surface area contributed by atoms with Gasteiger partial charge in [0.2, 0.25) is 11.8 Å². The summed E-state index contributed by atoms with van der Waals surface area (Å²) in [6, 6.07) is 4.11. The second-order valence-electron chi connectivity index (χ2n) is 10.8. The van der Waals surface area contributed by atoms with Crippen LogP contribution in [0.5, 0.6) is 0 Å². The number of unbranched alkanes of at least 4 members (excludes halogenated alkanes) is 1. The first kappa shape index (κ1) is 29.8. The van der Waals surface area contributed by atoms with Gasteiger partial charge in [-0.2, -0.15) is 12.6 Å². The first-order chi connectivity index (χ1) is 15.6. The molecule has 0 aliphatic carbocycles. The summed E-state index contributed by atoms with van der Waals surface area (Å²) in [4.78, 5) is 41.3. The minimum Gasteiger partial charge on any atom is -0.444 e. The summed E-state index contributed by atoms with van der Waals surface area (Å²) in [5.74, 6) is -0.569. The molecule has 3 amide bonds. The van der Waals surface area contributed by atoms with E-state index in [1.165, 1.54) is 0 Å². The SMILES string of the molecule is CCCCN(C(=O)C(CS)NC(=O)OC(C)(C)C)C(C(=O)NC(C)(C)C)c1cc(C)cc(C)c1. The van der Waals surface area contributed by atoms with Crippen LogP contribution in [-0.4, -0.2) is 52.3 Å². The van der Waals surface area contributed by atoms with Crippen molar-refractivity contribution in [3.8, 4) is 0 Å². The van der Waals surface area contributed by atoms with Gasteiger partial charge in [-0.25, -0.2) is 4.79 Å². The van der Waals surface area contributed by atoms with Gasteiger partial charge in [-0.1, -0.05) is 42.7 Å². The highest BCUT2D eigenvalue weighted by Gasteiger charge is 2.36. The number of carbonyl (C=O) groups is 3. The van der Waals surface area contributed by atoms with Crippen molar-refractivity contribution in [2.75, 3.05) is 12.3 Å². The van der Waals surface area contributed by atoms with Crippen molar-refractivity contribution in [2.45, 2.75) is 98.4 Å². The number of benzene rings is 1. The van der Waals surface area contributed by atoms with Crippen LogP contribution in [0.25, 0.3) is 0 Å². The fourth-order valence-electron chi connectivity index (χ4n) is 3.61. The van der Waals surface area contributed by atoms with Crippen molar-refractivity contribution < 1.29 is 19.1 Å². The highest BCUT2D eigenvalue weighted by atomic mass is 32.1. The van der Waals surface area contributed by atoms with Crippen LogP contribution in [-0.2, 0) is 14.3 Å². The maximum atomic E-state index is 13.8. The molecule has 7 nitrogen and oxygen atoms in total. The van der Waals surface area contributed by atoms with E-state index in [4.69, 9.17) is 4.74 Å². The molecule has 2 unspecified atom stereocenters. The molecule has 0 aliphatic heterocycles. The molecule has 2 atom stereocenters. The van der Waals surface area contributed by atoms with Gasteiger partial charge >= 0.3 is 6.09 Å². The Kier molecular flexibility index (Phi) is 10.9. The summed E-state index contributed by atoms with van der Waals surface area (Å²) in [6.07, 6.45) is 0.856. The molecule has 0 saturated heterocycles. The van der Waals surface area contributed by atoms with Crippen molar-refractivity contribution in [1.82, 2.24) is 15.5 Å². The smallest absolute Gasteiger partial charge is 0.408 e. The van der Waals surface area contributed by atoms with Gasteiger partial charge in [-0.15, -0.1) is 0 Å². The minimum absolute atomic E-state index is 0.0706. The number of carbonyl (C=O) groups excluding carboxylic acids is 3. The molecule has 1 aromatic carbocycles. The number of aryl methyl sites for hydroxylation is 2. The van der Waals surface area contributed by atoms with Crippen LogP contribution in [0.15, 0.2) is 18.2 Å². The summed E-state index contributed by atoms with van der Waals surface area (Å²) in [5, 5.41) is 5.67. The molecule has 0 bridgehead atoms. The van der Waals surface area contributed by atoms with Gasteiger partial charge < -0.3 is 20.3 Å². The van der Waals surface area contributed by atoms with Gasteiger partial charge in [0, 0.05) is 17.8 Å². The van der Waals surface area contributed by atoms with E-state index in [-0.39, 0.29) is 17.6 Å². The molecule has 0 radical (unpaired) electrons. The normalized spacial score (nSPS) is 13.6. The lowest BCUT2D eigenvalue weighted by Crippen LogP contribution is -2.55. The summed E-state index contributed by atoms with van der Waals surface area (Å²) in [6.45, 7) is 17.3. The molecule has 1 rings (SSSR count). The predicted molar refractivity (Wildman–Crippen MR) is 140 cm³/mol. The Morgan fingerprint density at radius 3 is 2.03 bits per heavy atom. The average molecular weight is 494 g/mol. The summed E-state index contributed by atoms with van der Waals surface area (Å²) in [7, 11) is 0. The topological polar surface area (TPSA) is 87.7 Å². The Morgan fingerprint density at radius 2 is 1.59 bits per heavy atom. The van der Waals surface area contributed by atoms with E-state index >= 15 is 0 Å². The maximum absolute atomic E-state index is 13.8. The highest BCUT2D eigenvalue weighted by molar-refractivity contribution is 7.80. The predicted octanol–water partition coefficient (Wildman–Crippen LogP) is 4.71. The second kappa shape index (κ2) is 12.5. The van der Waals surface area contributed by atoms with Crippen molar-refractivity contribution >= 4 is 30.5 Å². The van der Waals surface area contributed by atoms with E-state index in [1.807, 2.05) is 59.7 Å². The number of hydrogen-bond acceptors (Lipinski definition) is 5. The number of nitrogens with zero attached hydrogens (tertiary/aromatic N) is 1. The molecule has 0 aliphatic rings. The maximum Gasteiger partial charge on any atom is 0.408 e. The number of ether oxygens (including phenoxy) is 1. The van der Waals surface area contributed by atoms with Crippen LogP contribution in [0, 0.1) is 13.8 Å². The monoisotopic (exact) mass is 493 g/mol. The highest BCUT2D eigenvalue weighted by Crippen LogP contribution is 2.26. The van der Waals surface area contributed by atoms with E-state index in [0.717, 1.165) is 23.1 Å². The number of hydrogen-bond donors (Lipinski definition) is 3. The average Bonchev–Trinajstić information content (AvgIpc) is 2.65. The molecule has 0 saturated carbocycles. The van der Waals surface area contributed by atoms with Gasteiger partial charge in [0.05, 0.1) is 0 Å². The Labute approximate surface area is 210 Å². The molecule has 192 valence electrons. The molecule has 2 N–H and O–H groups in total. The van der Waals surface area contributed by atoms with Crippen LogP contribution in [0.1, 0.15) is 84.0 Å². The lowest BCUT2D eigenvalue weighted by atomic mass is 9.97. The fraction of sp³-hybridized carbons (Fsp3) is 0.654. The van der Waals surface area contributed by atoms with Crippen LogP contribution in [0.3, 0.4) is 0 Å². The van der Waals surface area contributed by atoms with Crippen LogP contribution in [0.4, 0.5) is 4.79 Å². The summed E-state index contributed by atoms with van der Waals surface area (Å²) in [5.41, 5.74) is 1.56. The Hall–Kier alpha value is -2.22. The molecule has 1 aromatic rings. The van der Waals surface area contributed by atoms with Crippen LogP contribution >= 0.6 is 12.6 Å². The van der Waals surface area contributed by atoms with E-state index in [0.29, 0.717) is 13.0 Å². The quantitative estimate of drug-likeness (QED) is 0.435. The van der Waals surface area contributed by atoms with Gasteiger partial charge in [0.15, 0.2) is 0 Å². The van der Waals surface area contributed by atoms with Crippen molar-refractivity contribution in [1.29, 1.82) is 0 Å². The molecular weight excluding hydrogens is 450 g/mol. The molecule has 8 heteroatoms. The molecule has 0 fully saturated rings. The summed E-state index contributed by atoms with van der Waals surface area (Å²) < 4.78 is 5.34. The lowest BCUT2D eigenvalue weighted by molar-refractivity contribution is -0.142. The molecule has 34 heavy (non-hydrogen) atoms. The third-order valence-electron chi connectivity index (χ3n) is 4.83. The van der Waals surface area contributed by atoms with E-state index in [9.17, 15) is 14.4 Å². The first-order valence-corrected chi connectivity index (χ1v) is 12.5. The lowest BCUT2D eigenvalue weighted by Gasteiger charge is -2.36. The van der Waals surface area contributed by atoms with Gasteiger partial charge in [-0.05, 0) is 67.4 Å². The number of alkyl carbamates (subject to hydrolysis) is 1. The van der Waals surface area contributed by atoms with Crippen molar-refractivity contribution in [2.24, 2.45) is 0 Å². The second-order valence-corrected chi connectivity index (χ2v) is 11.2.